The van der Waals surface area contributed by atoms with Crippen molar-refractivity contribution in [3.8, 4) is 22.3 Å². The molecule has 1 aromatic carbocycles. The van der Waals surface area contributed by atoms with E-state index in [0.717, 1.165) is 56.9 Å². The van der Waals surface area contributed by atoms with Crippen LogP contribution in [-0.4, -0.2) is 32.8 Å². The molecule has 0 radical (unpaired) electrons. The van der Waals surface area contributed by atoms with Gasteiger partial charge in [0, 0.05) is 35.3 Å². The number of methoxy groups -OCH3 is 1. The number of aryl methyl sites for hydroxylation is 2. The summed E-state index contributed by atoms with van der Waals surface area (Å²) in [5.41, 5.74) is 8.06. The van der Waals surface area contributed by atoms with Crippen LogP contribution in [0, 0.1) is 13.8 Å². The Morgan fingerprint density at radius 2 is 1.89 bits per heavy atom. The molecule has 0 fully saturated rings. The topological polar surface area (TPSA) is 83.0 Å². The van der Waals surface area contributed by atoms with Gasteiger partial charge in [0.05, 0.1) is 41.1 Å². The number of carbonyl (C=O) groups excluding carboxylic acids is 1. The second-order valence-corrected chi connectivity index (χ2v) is 8.49. The Kier molecular flexibility index (Phi) is 5.91. The molecule has 1 atom stereocenters. The number of nitrogens with zero attached hydrogens (tertiary/aromatic N) is 4. The highest BCUT2D eigenvalue weighted by Crippen LogP contribution is 2.37. The zero-order chi connectivity index (χ0) is 24.5. The summed E-state index contributed by atoms with van der Waals surface area (Å²) in [6, 6.07) is 15.6. The second-order valence-electron chi connectivity index (χ2n) is 8.49. The molecule has 0 amide bonds. The number of ether oxygens (including phenoxy) is 1. The van der Waals surface area contributed by atoms with Crippen molar-refractivity contribution < 1.29 is 14.1 Å². The van der Waals surface area contributed by atoms with Crippen LogP contribution >= 0.6 is 0 Å². The van der Waals surface area contributed by atoms with Gasteiger partial charge in [-0.15, -0.1) is 0 Å². The van der Waals surface area contributed by atoms with Gasteiger partial charge in [0.25, 0.3) is 0 Å². The molecule has 4 aromatic heterocycles. The smallest absolute Gasteiger partial charge is 0.337 e. The van der Waals surface area contributed by atoms with E-state index in [0.29, 0.717) is 5.56 Å². The van der Waals surface area contributed by atoms with Crippen molar-refractivity contribution in [2.45, 2.75) is 33.2 Å². The predicted molar refractivity (Wildman–Crippen MR) is 134 cm³/mol. The first-order valence-electron chi connectivity index (χ1n) is 11.5. The first-order valence-corrected chi connectivity index (χ1v) is 11.5. The summed E-state index contributed by atoms with van der Waals surface area (Å²) in [4.78, 5) is 21.4. The van der Waals surface area contributed by atoms with Crippen molar-refractivity contribution in [1.82, 2.24) is 19.7 Å². The highest BCUT2D eigenvalue weighted by molar-refractivity contribution is 5.96. The molecule has 7 heteroatoms. The number of aromatic nitrogens is 4. The van der Waals surface area contributed by atoms with E-state index in [1.54, 1.807) is 12.1 Å². The largest absolute Gasteiger partial charge is 0.465 e. The zero-order valence-corrected chi connectivity index (χ0v) is 20.1. The molecule has 0 spiro atoms. The fourth-order valence-electron chi connectivity index (χ4n) is 4.65. The summed E-state index contributed by atoms with van der Waals surface area (Å²) in [6.07, 6.45) is 6.68. The fourth-order valence-corrected chi connectivity index (χ4v) is 4.65. The molecule has 0 aliphatic rings. The lowest BCUT2D eigenvalue weighted by Gasteiger charge is -2.18. The van der Waals surface area contributed by atoms with E-state index in [-0.39, 0.29) is 12.0 Å². The average Bonchev–Trinajstić information content (AvgIpc) is 3.44. The number of hydrogen-bond donors (Lipinski definition) is 0. The van der Waals surface area contributed by atoms with E-state index >= 15 is 0 Å². The van der Waals surface area contributed by atoms with Crippen LogP contribution in [0.2, 0.25) is 0 Å². The van der Waals surface area contributed by atoms with Gasteiger partial charge in [0.1, 0.15) is 5.76 Å². The minimum absolute atomic E-state index is 0.0310. The third kappa shape index (κ3) is 3.99. The van der Waals surface area contributed by atoms with Gasteiger partial charge < -0.3 is 13.8 Å². The first kappa shape index (κ1) is 22.5. The van der Waals surface area contributed by atoms with E-state index in [4.69, 9.17) is 14.2 Å². The average molecular weight is 467 g/mol. The molecule has 35 heavy (non-hydrogen) atoms. The summed E-state index contributed by atoms with van der Waals surface area (Å²) in [5.74, 6) is 0.402. The minimum atomic E-state index is -0.359. The van der Waals surface area contributed by atoms with Gasteiger partial charge in [-0.3, -0.25) is 9.97 Å². The van der Waals surface area contributed by atoms with Crippen LogP contribution in [0.3, 0.4) is 0 Å². The van der Waals surface area contributed by atoms with Crippen LogP contribution in [0.5, 0.6) is 0 Å². The Hall–Kier alpha value is -4.26. The molecule has 0 unspecified atom stereocenters. The number of hydrogen-bond acceptors (Lipinski definition) is 6. The Morgan fingerprint density at radius 3 is 2.51 bits per heavy atom. The molecular formula is C28H26N4O3. The normalized spacial score (nSPS) is 12.1. The molecule has 0 aliphatic carbocycles. The number of carbonyl (C=O) groups is 1. The lowest BCUT2D eigenvalue weighted by molar-refractivity contribution is 0.0600. The summed E-state index contributed by atoms with van der Waals surface area (Å²) in [6.45, 7) is 6.00. The summed E-state index contributed by atoms with van der Waals surface area (Å²) < 4.78 is 12.5. The third-order valence-corrected chi connectivity index (χ3v) is 6.36. The van der Waals surface area contributed by atoms with Gasteiger partial charge in [-0.1, -0.05) is 30.3 Å². The van der Waals surface area contributed by atoms with E-state index in [1.807, 2.05) is 50.5 Å². The van der Waals surface area contributed by atoms with E-state index in [9.17, 15) is 4.79 Å². The zero-order valence-electron chi connectivity index (χ0n) is 20.1. The van der Waals surface area contributed by atoms with Crippen molar-refractivity contribution in [2.24, 2.45) is 0 Å². The van der Waals surface area contributed by atoms with Gasteiger partial charge in [-0.05, 0) is 56.2 Å². The molecule has 0 saturated carbocycles. The first-order chi connectivity index (χ1) is 17.0. The van der Waals surface area contributed by atoms with Gasteiger partial charge >= 0.3 is 5.97 Å². The summed E-state index contributed by atoms with van der Waals surface area (Å²) in [7, 11) is 1.38. The maximum absolute atomic E-state index is 11.9. The lowest BCUT2D eigenvalue weighted by Crippen LogP contribution is -2.10. The van der Waals surface area contributed by atoms with Gasteiger partial charge in [-0.25, -0.2) is 4.79 Å². The van der Waals surface area contributed by atoms with Crippen LogP contribution in [0.15, 0.2) is 71.6 Å². The molecule has 0 N–H and O–H groups in total. The van der Waals surface area contributed by atoms with Crippen molar-refractivity contribution in [3.05, 3.63) is 89.8 Å². The number of fused-ring (bicyclic) bond motifs is 1. The number of esters is 1. The van der Waals surface area contributed by atoms with Crippen LogP contribution in [-0.2, 0) is 4.74 Å². The van der Waals surface area contributed by atoms with Crippen molar-refractivity contribution in [3.63, 3.8) is 0 Å². The van der Waals surface area contributed by atoms with E-state index in [1.165, 1.54) is 7.11 Å². The molecule has 0 aliphatic heterocycles. The Labute approximate surface area is 203 Å². The molecule has 4 heterocycles. The van der Waals surface area contributed by atoms with Gasteiger partial charge in [0.2, 0.25) is 0 Å². The molecule has 7 nitrogen and oxygen atoms in total. The van der Waals surface area contributed by atoms with E-state index in [2.05, 4.69) is 40.0 Å². The lowest BCUT2D eigenvalue weighted by atomic mass is 10.0. The van der Waals surface area contributed by atoms with E-state index < -0.39 is 0 Å². The molecular weight excluding hydrogens is 440 g/mol. The quantitative estimate of drug-likeness (QED) is 0.279. The molecule has 176 valence electrons. The Balaban J connectivity index is 1.72. The maximum atomic E-state index is 11.9. The highest BCUT2D eigenvalue weighted by Gasteiger charge is 2.21. The predicted octanol–water partition coefficient (Wildman–Crippen LogP) is 6.16. The number of benzene rings is 1. The van der Waals surface area contributed by atoms with Crippen LogP contribution in [0.4, 0.5) is 0 Å². The third-order valence-electron chi connectivity index (χ3n) is 6.36. The maximum Gasteiger partial charge on any atom is 0.337 e. The van der Waals surface area contributed by atoms with Crippen molar-refractivity contribution in [1.29, 1.82) is 0 Å². The fraction of sp³-hybridized carbons (Fsp3) is 0.214. The van der Waals surface area contributed by atoms with Crippen LogP contribution in [0.1, 0.15) is 46.9 Å². The van der Waals surface area contributed by atoms with Crippen LogP contribution < -0.4 is 0 Å². The van der Waals surface area contributed by atoms with Crippen LogP contribution in [0.25, 0.3) is 33.3 Å². The Bertz CT molecular complexity index is 1480. The summed E-state index contributed by atoms with van der Waals surface area (Å²) >= 11 is 0. The minimum Gasteiger partial charge on any atom is -0.465 e. The molecule has 0 bridgehead atoms. The second kappa shape index (κ2) is 9.18. The number of pyridine rings is 2. The standard InChI is InChI=1S/C28H26N4O3/c1-5-24(23-8-6-7-13-29-23)32-16-22(19-9-11-20(12-10-19)28(33)34-4)27-25(32)14-21(15-30-27)26-17(2)31-35-18(26)3/h6-16,24H,5H2,1-4H3/t24-/m0/s1. The van der Waals surface area contributed by atoms with Gasteiger partial charge in [0.15, 0.2) is 0 Å². The SMILES string of the molecule is CC[C@@H](c1ccccn1)n1cc(-c2ccc(C(=O)OC)cc2)c2ncc(-c3c(C)noc3C)cc21. The van der Waals surface area contributed by atoms with Gasteiger partial charge in [-0.2, -0.15) is 0 Å². The number of rotatable bonds is 6. The molecule has 5 rings (SSSR count). The monoisotopic (exact) mass is 466 g/mol. The van der Waals surface area contributed by atoms with Crippen molar-refractivity contribution >= 4 is 17.0 Å². The molecule has 5 aromatic rings. The Morgan fingerprint density at radius 1 is 1.09 bits per heavy atom. The highest BCUT2D eigenvalue weighted by atomic mass is 16.5. The summed E-state index contributed by atoms with van der Waals surface area (Å²) in [5, 5.41) is 4.12. The van der Waals surface area contributed by atoms with Crippen molar-refractivity contribution in [2.75, 3.05) is 7.11 Å². The molecule has 0 saturated heterocycles.